The van der Waals surface area contributed by atoms with Crippen molar-refractivity contribution in [3.05, 3.63) is 51.9 Å². The van der Waals surface area contributed by atoms with Crippen molar-refractivity contribution >= 4 is 21.6 Å². The molecule has 0 aliphatic rings. The molecular formula is C13H14BrNO. The van der Waals surface area contributed by atoms with Crippen molar-refractivity contribution in [2.24, 2.45) is 0 Å². The summed E-state index contributed by atoms with van der Waals surface area (Å²) in [5, 5.41) is 3.36. The molecule has 1 aromatic carbocycles. The minimum atomic E-state index is 0.704. The smallest absolute Gasteiger partial charge is 0.169 e. The Morgan fingerprint density at radius 3 is 2.62 bits per heavy atom. The topological polar surface area (TPSA) is 25.2 Å². The van der Waals surface area contributed by atoms with Gasteiger partial charge >= 0.3 is 0 Å². The lowest BCUT2D eigenvalue weighted by atomic mass is 10.1. The number of benzene rings is 1. The summed E-state index contributed by atoms with van der Waals surface area (Å²) in [5.41, 5.74) is 3.69. The van der Waals surface area contributed by atoms with Crippen molar-refractivity contribution in [3.8, 4) is 0 Å². The van der Waals surface area contributed by atoms with Crippen molar-refractivity contribution in [3.63, 3.8) is 0 Å². The average Bonchev–Trinajstić information content (AvgIpc) is 2.63. The van der Waals surface area contributed by atoms with Crippen LogP contribution in [0.3, 0.4) is 0 Å². The summed E-state index contributed by atoms with van der Waals surface area (Å²) in [6, 6.07) is 10.2. The van der Waals surface area contributed by atoms with E-state index < -0.39 is 0 Å². The minimum Gasteiger partial charge on any atom is -0.452 e. The molecule has 1 heterocycles. The maximum Gasteiger partial charge on any atom is 0.169 e. The highest BCUT2D eigenvalue weighted by Crippen LogP contribution is 2.19. The van der Waals surface area contributed by atoms with E-state index in [1.807, 2.05) is 12.1 Å². The van der Waals surface area contributed by atoms with Gasteiger partial charge in [0.15, 0.2) is 4.67 Å². The predicted octanol–water partition coefficient (Wildman–Crippen LogP) is 4.27. The summed E-state index contributed by atoms with van der Waals surface area (Å²) in [6.45, 7) is 4.91. The van der Waals surface area contributed by atoms with Gasteiger partial charge < -0.3 is 9.73 Å². The van der Waals surface area contributed by atoms with E-state index in [0.717, 1.165) is 16.1 Å². The first-order valence-corrected chi connectivity index (χ1v) is 6.00. The lowest BCUT2D eigenvalue weighted by molar-refractivity contribution is 0.495. The number of halogens is 1. The molecule has 1 aromatic heterocycles. The quantitative estimate of drug-likeness (QED) is 0.908. The van der Waals surface area contributed by atoms with Crippen LogP contribution in [0.1, 0.15) is 16.9 Å². The van der Waals surface area contributed by atoms with Gasteiger partial charge in [-0.2, -0.15) is 0 Å². The van der Waals surface area contributed by atoms with E-state index in [-0.39, 0.29) is 0 Å². The van der Waals surface area contributed by atoms with Crippen LogP contribution in [0.4, 0.5) is 5.69 Å². The van der Waals surface area contributed by atoms with Crippen LogP contribution in [0.5, 0.6) is 0 Å². The summed E-state index contributed by atoms with van der Waals surface area (Å²) in [7, 11) is 0. The van der Waals surface area contributed by atoms with E-state index >= 15 is 0 Å². The van der Waals surface area contributed by atoms with Crippen LogP contribution in [0.2, 0.25) is 0 Å². The van der Waals surface area contributed by atoms with Gasteiger partial charge in [0.05, 0.1) is 6.54 Å². The Balaban J connectivity index is 2.04. The van der Waals surface area contributed by atoms with Gasteiger partial charge in [0, 0.05) is 5.69 Å². The van der Waals surface area contributed by atoms with Gasteiger partial charge in [-0.1, -0.05) is 17.7 Å². The van der Waals surface area contributed by atoms with E-state index in [2.05, 4.69) is 53.3 Å². The Hall–Kier alpha value is -1.22. The maximum atomic E-state index is 5.42. The molecule has 2 rings (SSSR count). The molecule has 0 saturated heterocycles. The zero-order valence-corrected chi connectivity index (χ0v) is 11.0. The van der Waals surface area contributed by atoms with Crippen LogP contribution in [-0.4, -0.2) is 0 Å². The molecule has 0 spiro atoms. The Labute approximate surface area is 104 Å². The number of aryl methyl sites for hydroxylation is 2. The molecule has 1 N–H and O–H groups in total. The lowest BCUT2D eigenvalue weighted by Gasteiger charge is -2.08. The highest BCUT2D eigenvalue weighted by Gasteiger charge is 2.01. The number of nitrogens with one attached hydrogen (secondary N) is 1. The number of hydrogen-bond donors (Lipinski definition) is 1. The van der Waals surface area contributed by atoms with Crippen LogP contribution in [0.15, 0.2) is 39.4 Å². The van der Waals surface area contributed by atoms with E-state index in [1.54, 1.807) is 0 Å². The largest absolute Gasteiger partial charge is 0.452 e. The third-order valence-corrected chi connectivity index (χ3v) is 2.89. The van der Waals surface area contributed by atoms with Crippen LogP contribution in [-0.2, 0) is 6.54 Å². The zero-order valence-electron chi connectivity index (χ0n) is 9.38. The maximum absolute atomic E-state index is 5.42. The van der Waals surface area contributed by atoms with Crippen molar-refractivity contribution in [1.29, 1.82) is 0 Å². The van der Waals surface area contributed by atoms with E-state index in [9.17, 15) is 0 Å². The molecule has 16 heavy (non-hydrogen) atoms. The van der Waals surface area contributed by atoms with Gasteiger partial charge in [0.2, 0.25) is 0 Å². The molecule has 0 saturated carbocycles. The third-order valence-electron chi connectivity index (χ3n) is 2.46. The zero-order chi connectivity index (χ0) is 11.5. The summed E-state index contributed by atoms with van der Waals surface area (Å²) in [4.78, 5) is 0. The van der Waals surface area contributed by atoms with Crippen LogP contribution in [0.25, 0.3) is 0 Å². The van der Waals surface area contributed by atoms with Crippen molar-refractivity contribution in [2.45, 2.75) is 20.4 Å². The predicted molar refractivity (Wildman–Crippen MR) is 69.7 cm³/mol. The molecule has 0 atom stereocenters. The second-order valence-electron chi connectivity index (χ2n) is 3.88. The molecule has 0 unspecified atom stereocenters. The Bertz CT molecular complexity index is 490. The SMILES string of the molecule is Cc1ccc(NCc2ccc(Br)o2)c(C)c1. The Kier molecular flexibility index (Phi) is 3.34. The number of anilines is 1. The van der Waals surface area contributed by atoms with Crippen molar-refractivity contribution < 1.29 is 4.42 Å². The molecule has 2 aromatic rings. The van der Waals surface area contributed by atoms with Gasteiger partial charge in [0.25, 0.3) is 0 Å². The second kappa shape index (κ2) is 4.74. The van der Waals surface area contributed by atoms with Gasteiger partial charge in [-0.3, -0.25) is 0 Å². The number of rotatable bonds is 3. The van der Waals surface area contributed by atoms with Gasteiger partial charge in [-0.15, -0.1) is 0 Å². The molecule has 2 nitrogen and oxygen atoms in total. The monoisotopic (exact) mass is 279 g/mol. The fourth-order valence-corrected chi connectivity index (χ4v) is 1.98. The fraction of sp³-hybridized carbons (Fsp3) is 0.231. The standard InChI is InChI=1S/C13H14BrNO/c1-9-3-5-12(10(2)7-9)15-8-11-4-6-13(14)16-11/h3-7,15H,8H2,1-2H3. The van der Waals surface area contributed by atoms with Crippen LogP contribution < -0.4 is 5.32 Å². The number of hydrogen-bond acceptors (Lipinski definition) is 2. The molecule has 0 bridgehead atoms. The van der Waals surface area contributed by atoms with Gasteiger partial charge in [0.1, 0.15) is 5.76 Å². The van der Waals surface area contributed by atoms with Gasteiger partial charge in [-0.05, 0) is 53.5 Å². The molecule has 3 heteroatoms. The Morgan fingerprint density at radius 1 is 1.19 bits per heavy atom. The molecule has 0 fully saturated rings. The second-order valence-corrected chi connectivity index (χ2v) is 4.66. The first-order chi connectivity index (χ1) is 7.65. The lowest BCUT2D eigenvalue weighted by Crippen LogP contribution is -1.99. The molecular weight excluding hydrogens is 266 g/mol. The highest BCUT2D eigenvalue weighted by molar-refractivity contribution is 9.10. The highest BCUT2D eigenvalue weighted by atomic mass is 79.9. The average molecular weight is 280 g/mol. The van der Waals surface area contributed by atoms with Crippen molar-refractivity contribution in [1.82, 2.24) is 0 Å². The van der Waals surface area contributed by atoms with E-state index in [4.69, 9.17) is 4.42 Å². The molecule has 0 aliphatic heterocycles. The third kappa shape index (κ3) is 2.67. The molecule has 0 amide bonds. The first kappa shape index (κ1) is 11.3. The molecule has 0 aliphatic carbocycles. The molecule has 0 radical (unpaired) electrons. The van der Waals surface area contributed by atoms with E-state index in [0.29, 0.717) is 6.54 Å². The van der Waals surface area contributed by atoms with Gasteiger partial charge in [-0.25, -0.2) is 0 Å². The van der Waals surface area contributed by atoms with E-state index in [1.165, 1.54) is 11.1 Å². The van der Waals surface area contributed by atoms with Crippen LogP contribution in [0, 0.1) is 13.8 Å². The van der Waals surface area contributed by atoms with Crippen molar-refractivity contribution in [2.75, 3.05) is 5.32 Å². The van der Waals surface area contributed by atoms with Crippen LogP contribution >= 0.6 is 15.9 Å². The minimum absolute atomic E-state index is 0.704. The Morgan fingerprint density at radius 2 is 2.00 bits per heavy atom. The first-order valence-electron chi connectivity index (χ1n) is 5.20. The fourth-order valence-electron chi connectivity index (χ4n) is 1.64. The normalized spacial score (nSPS) is 10.4. The molecule has 84 valence electrons. The number of furan rings is 1. The summed E-state index contributed by atoms with van der Waals surface area (Å²) < 4.78 is 6.19. The summed E-state index contributed by atoms with van der Waals surface area (Å²) >= 11 is 3.29. The summed E-state index contributed by atoms with van der Waals surface area (Å²) in [5.74, 6) is 0.923. The summed E-state index contributed by atoms with van der Waals surface area (Å²) in [6.07, 6.45) is 0.